The van der Waals surface area contributed by atoms with Crippen LogP contribution < -0.4 is 5.73 Å². The van der Waals surface area contributed by atoms with Gasteiger partial charge in [0.25, 0.3) is 0 Å². The standard InChI is InChI=1S/C6H13NO2S.2ClH/c1-6(7)2-4-10(8,9)5-3-6;;/h2-5,7H2,1H3;2*1H. The second kappa shape index (κ2) is 4.65. The van der Waals surface area contributed by atoms with E-state index in [4.69, 9.17) is 5.73 Å². The van der Waals surface area contributed by atoms with Crippen molar-refractivity contribution < 1.29 is 8.42 Å². The lowest BCUT2D eigenvalue weighted by Gasteiger charge is -2.28. The van der Waals surface area contributed by atoms with E-state index in [-0.39, 0.29) is 41.9 Å². The van der Waals surface area contributed by atoms with E-state index in [0.29, 0.717) is 12.8 Å². The van der Waals surface area contributed by atoms with E-state index < -0.39 is 9.84 Å². The molecule has 3 nitrogen and oxygen atoms in total. The number of halogens is 2. The molecule has 2 N–H and O–H groups in total. The van der Waals surface area contributed by atoms with Crippen LogP contribution in [0.15, 0.2) is 0 Å². The molecule has 0 aromatic carbocycles. The van der Waals surface area contributed by atoms with Gasteiger partial charge in [-0.3, -0.25) is 0 Å². The lowest BCUT2D eigenvalue weighted by molar-refractivity contribution is 0.418. The molecule has 76 valence electrons. The van der Waals surface area contributed by atoms with E-state index in [1.54, 1.807) is 0 Å². The predicted octanol–water partition coefficient (Wildman–Crippen LogP) is 0.756. The van der Waals surface area contributed by atoms with Crippen molar-refractivity contribution in [1.29, 1.82) is 0 Å². The summed E-state index contributed by atoms with van der Waals surface area (Å²) < 4.78 is 21.8. The van der Waals surface area contributed by atoms with Crippen LogP contribution in [0.5, 0.6) is 0 Å². The van der Waals surface area contributed by atoms with Gasteiger partial charge in [0.15, 0.2) is 0 Å². The smallest absolute Gasteiger partial charge is 0.150 e. The topological polar surface area (TPSA) is 60.2 Å². The molecule has 0 atom stereocenters. The van der Waals surface area contributed by atoms with Crippen molar-refractivity contribution in [2.24, 2.45) is 5.73 Å². The zero-order valence-corrected chi connectivity index (χ0v) is 9.40. The Morgan fingerprint density at radius 2 is 1.50 bits per heavy atom. The van der Waals surface area contributed by atoms with Crippen LogP contribution in [0.25, 0.3) is 0 Å². The van der Waals surface area contributed by atoms with Crippen LogP contribution in [0.4, 0.5) is 0 Å². The van der Waals surface area contributed by atoms with Crippen LogP contribution in [-0.4, -0.2) is 25.5 Å². The maximum absolute atomic E-state index is 10.9. The fourth-order valence-corrected chi connectivity index (χ4v) is 2.76. The second-order valence-corrected chi connectivity index (χ2v) is 5.61. The molecule has 0 radical (unpaired) electrons. The quantitative estimate of drug-likeness (QED) is 0.675. The molecular formula is C6H15Cl2NO2S. The molecule has 6 heteroatoms. The summed E-state index contributed by atoms with van der Waals surface area (Å²) >= 11 is 0. The summed E-state index contributed by atoms with van der Waals surface area (Å²) in [4.78, 5) is 0. The van der Waals surface area contributed by atoms with E-state index >= 15 is 0 Å². The summed E-state index contributed by atoms with van der Waals surface area (Å²) in [6, 6.07) is 0. The van der Waals surface area contributed by atoms with Crippen LogP contribution in [-0.2, 0) is 9.84 Å². The molecule has 0 bridgehead atoms. The fraction of sp³-hybridized carbons (Fsp3) is 1.00. The highest BCUT2D eigenvalue weighted by Crippen LogP contribution is 2.19. The number of nitrogens with two attached hydrogens (primary N) is 1. The summed E-state index contributed by atoms with van der Waals surface area (Å²) in [7, 11) is -2.73. The van der Waals surface area contributed by atoms with Gasteiger partial charge in [0.1, 0.15) is 9.84 Å². The first-order valence-electron chi connectivity index (χ1n) is 3.41. The van der Waals surface area contributed by atoms with E-state index in [1.807, 2.05) is 6.92 Å². The minimum atomic E-state index is -2.73. The number of sulfone groups is 1. The van der Waals surface area contributed by atoms with Crippen LogP contribution in [0.3, 0.4) is 0 Å². The number of hydrogen-bond donors (Lipinski definition) is 1. The molecule has 0 spiro atoms. The van der Waals surface area contributed by atoms with Crippen LogP contribution in [0.2, 0.25) is 0 Å². The Bertz CT molecular complexity index is 210. The van der Waals surface area contributed by atoms with Crippen LogP contribution in [0, 0.1) is 0 Å². The Morgan fingerprint density at radius 3 is 1.75 bits per heavy atom. The molecule has 1 aliphatic heterocycles. The summed E-state index contributed by atoms with van der Waals surface area (Å²) in [5.41, 5.74) is 5.49. The highest BCUT2D eigenvalue weighted by molar-refractivity contribution is 7.91. The summed E-state index contributed by atoms with van der Waals surface area (Å²) in [5, 5.41) is 0. The molecule has 1 heterocycles. The molecule has 0 aromatic rings. The van der Waals surface area contributed by atoms with Gasteiger partial charge in [0, 0.05) is 5.54 Å². The van der Waals surface area contributed by atoms with Crippen molar-refractivity contribution in [2.45, 2.75) is 25.3 Å². The monoisotopic (exact) mass is 235 g/mol. The van der Waals surface area contributed by atoms with Crippen molar-refractivity contribution in [2.75, 3.05) is 11.5 Å². The van der Waals surface area contributed by atoms with Crippen molar-refractivity contribution in [3.05, 3.63) is 0 Å². The van der Waals surface area contributed by atoms with Gasteiger partial charge in [-0.2, -0.15) is 0 Å². The van der Waals surface area contributed by atoms with Crippen LogP contribution in [0.1, 0.15) is 19.8 Å². The number of rotatable bonds is 0. The summed E-state index contributed by atoms with van der Waals surface area (Å²) in [6.07, 6.45) is 1.21. The third-order valence-corrected chi connectivity index (χ3v) is 3.62. The third-order valence-electron chi connectivity index (χ3n) is 1.97. The lowest BCUT2D eigenvalue weighted by atomic mass is 9.97. The molecule has 0 unspecified atom stereocenters. The normalized spacial score (nSPS) is 24.8. The van der Waals surface area contributed by atoms with Gasteiger partial charge in [-0.25, -0.2) is 8.42 Å². The van der Waals surface area contributed by atoms with Gasteiger partial charge in [-0.1, -0.05) is 0 Å². The third kappa shape index (κ3) is 4.50. The van der Waals surface area contributed by atoms with Gasteiger partial charge < -0.3 is 5.73 Å². The van der Waals surface area contributed by atoms with E-state index in [1.165, 1.54) is 0 Å². The SMILES string of the molecule is CC1(N)CCS(=O)(=O)CC1.Cl.Cl. The first-order chi connectivity index (χ1) is 4.41. The van der Waals surface area contributed by atoms with Crippen molar-refractivity contribution >= 4 is 34.7 Å². The Morgan fingerprint density at radius 1 is 1.17 bits per heavy atom. The number of hydrogen-bond acceptors (Lipinski definition) is 3. The first-order valence-corrected chi connectivity index (χ1v) is 5.23. The van der Waals surface area contributed by atoms with E-state index in [2.05, 4.69) is 0 Å². The zero-order valence-electron chi connectivity index (χ0n) is 6.95. The molecule has 0 aliphatic carbocycles. The second-order valence-electron chi connectivity index (χ2n) is 3.31. The first kappa shape index (κ1) is 15.0. The molecule has 1 rings (SSSR count). The fourth-order valence-electron chi connectivity index (χ4n) is 1.00. The predicted molar refractivity (Wildman–Crippen MR) is 55.0 cm³/mol. The Kier molecular flexibility index (Phi) is 5.81. The van der Waals surface area contributed by atoms with Gasteiger partial charge >= 0.3 is 0 Å². The highest BCUT2D eigenvalue weighted by atomic mass is 35.5. The summed E-state index contributed by atoms with van der Waals surface area (Å²) in [6.45, 7) is 1.90. The zero-order chi connectivity index (χ0) is 7.83. The minimum absolute atomic E-state index is 0. The van der Waals surface area contributed by atoms with Crippen molar-refractivity contribution in [3.63, 3.8) is 0 Å². The average Bonchev–Trinajstić information content (AvgIpc) is 1.79. The molecule has 1 saturated heterocycles. The maximum atomic E-state index is 10.9. The van der Waals surface area contributed by atoms with Gasteiger partial charge in [0.2, 0.25) is 0 Å². The van der Waals surface area contributed by atoms with Crippen molar-refractivity contribution in [1.82, 2.24) is 0 Å². The molecule has 1 aliphatic rings. The van der Waals surface area contributed by atoms with Gasteiger partial charge in [0.05, 0.1) is 11.5 Å². The summed E-state index contributed by atoms with van der Waals surface area (Å²) in [5.74, 6) is 0.528. The highest BCUT2D eigenvalue weighted by Gasteiger charge is 2.29. The molecule has 0 aromatic heterocycles. The van der Waals surface area contributed by atoms with E-state index in [9.17, 15) is 8.42 Å². The molecule has 0 saturated carbocycles. The Labute approximate surface area is 85.8 Å². The average molecular weight is 236 g/mol. The minimum Gasteiger partial charge on any atom is -0.325 e. The molecule has 12 heavy (non-hydrogen) atoms. The Hall–Kier alpha value is 0.490. The van der Waals surface area contributed by atoms with Gasteiger partial charge in [-0.05, 0) is 19.8 Å². The van der Waals surface area contributed by atoms with E-state index in [0.717, 1.165) is 0 Å². The molecule has 1 fully saturated rings. The largest absolute Gasteiger partial charge is 0.325 e. The van der Waals surface area contributed by atoms with Gasteiger partial charge in [-0.15, -0.1) is 24.8 Å². The molecule has 0 amide bonds. The van der Waals surface area contributed by atoms with Crippen molar-refractivity contribution in [3.8, 4) is 0 Å². The maximum Gasteiger partial charge on any atom is 0.150 e. The Balaban J connectivity index is 0. The molecular weight excluding hydrogens is 221 g/mol. The lowest BCUT2D eigenvalue weighted by Crippen LogP contribution is -2.44. The van der Waals surface area contributed by atoms with Crippen LogP contribution >= 0.6 is 24.8 Å².